The first-order valence-corrected chi connectivity index (χ1v) is 8.11. The summed E-state index contributed by atoms with van der Waals surface area (Å²) in [5.74, 6) is 3.37. The van der Waals surface area contributed by atoms with E-state index in [1.54, 1.807) is 0 Å². The van der Waals surface area contributed by atoms with E-state index in [1.807, 2.05) is 30.5 Å². The highest BCUT2D eigenvalue weighted by molar-refractivity contribution is 5.75. The number of aromatic nitrogens is 5. The molecule has 23 heavy (non-hydrogen) atoms. The Morgan fingerprint density at radius 3 is 2.83 bits per heavy atom. The summed E-state index contributed by atoms with van der Waals surface area (Å²) in [5.41, 5.74) is 1.84. The Kier molecular flexibility index (Phi) is 3.44. The Morgan fingerprint density at radius 2 is 2.00 bits per heavy atom. The smallest absolute Gasteiger partial charge is 0.145 e. The second-order valence-electron chi connectivity index (χ2n) is 6.36. The lowest BCUT2D eigenvalue weighted by Gasteiger charge is -2.26. The summed E-state index contributed by atoms with van der Waals surface area (Å²) in [5, 5.41) is 12.2. The predicted molar refractivity (Wildman–Crippen MR) is 89.4 cm³/mol. The zero-order chi connectivity index (χ0) is 15.8. The fourth-order valence-corrected chi connectivity index (χ4v) is 3.13. The van der Waals surface area contributed by atoms with Gasteiger partial charge < -0.3 is 9.88 Å². The van der Waals surface area contributed by atoms with Gasteiger partial charge in [-0.1, -0.05) is 26.0 Å². The normalized spacial score (nSPS) is 17.4. The van der Waals surface area contributed by atoms with Gasteiger partial charge in [-0.2, -0.15) is 0 Å². The molecule has 0 bridgehead atoms. The molecule has 1 atom stereocenters. The molecule has 0 amide bonds. The highest BCUT2D eigenvalue weighted by Crippen LogP contribution is 2.22. The molecule has 0 aliphatic carbocycles. The van der Waals surface area contributed by atoms with Crippen LogP contribution in [0.3, 0.4) is 0 Å². The van der Waals surface area contributed by atoms with Crippen LogP contribution < -0.4 is 5.32 Å². The third-order valence-electron chi connectivity index (χ3n) is 4.29. The van der Waals surface area contributed by atoms with E-state index in [2.05, 4.69) is 43.9 Å². The minimum absolute atomic E-state index is 0.325. The Balaban J connectivity index is 1.56. The number of rotatable bonds is 3. The molecule has 3 aromatic rings. The Hall–Kier alpha value is -2.50. The molecule has 1 aromatic carbocycles. The fourth-order valence-electron chi connectivity index (χ4n) is 3.13. The summed E-state index contributed by atoms with van der Waals surface area (Å²) in [4.78, 5) is 9.13. The molecule has 6 nitrogen and oxygen atoms in total. The summed E-state index contributed by atoms with van der Waals surface area (Å²) in [7, 11) is 0. The van der Waals surface area contributed by atoms with Gasteiger partial charge in [0.25, 0.3) is 0 Å². The molecule has 1 aliphatic rings. The maximum Gasteiger partial charge on any atom is 0.145 e. The summed E-state index contributed by atoms with van der Waals surface area (Å²) in [6, 6.07) is 8.26. The summed E-state index contributed by atoms with van der Waals surface area (Å²) in [6.07, 6.45) is 3.79. The molecule has 2 aromatic heterocycles. The second kappa shape index (κ2) is 5.61. The third-order valence-corrected chi connectivity index (χ3v) is 4.29. The average molecular weight is 308 g/mol. The van der Waals surface area contributed by atoms with Crippen LogP contribution in [0.1, 0.15) is 37.8 Å². The number of hydrogen-bond donors (Lipinski definition) is 1. The van der Waals surface area contributed by atoms with E-state index in [-0.39, 0.29) is 0 Å². The molecular weight excluding hydrogens is 288 g/mol. The van der Waals surface area contributed by atoms with Gasteiger partial charge in [0.15, 0.2) is 0 Å². The van der Waals surface area contributed by atoms with E-state index in [1.165, 1.54) is 0 Å². The Bertz CT molecular complexity index is 838. The SMILES string of the molecule is CC(C)c1nnc2n1CC(Nc1cnc3ccccc3n1)CC2. The Labute approximate surface area is 135 Å². The molecule has 0 saturated carbocycles. The second-order valence-corrected chi connectivity index (χ2v) is 6.36. The highest BCUT2D eigenvalue weighted by Gasteiger charge is 2.24. The van der Waals surface area contributed by atoms with Crippen LogP contribution in [0.5, 0.6) is 0 Å². The van der Waals surface area contributed by atoms with Gasteiger partial charge in [0.2, 0.25) is 0 Å². The number of para-hydroxylation sites is 2. The monoisotopic (exact) mass is 308 g/mol. The van der Waals surface area contributed by atoms with Gasteiger partial charge >= 0.3 is 0 Å². The molecule has 3 heterocycles. The van der Waals surface area contributed by atoms with Crippen molar-refractivity contribution in [3.8, 4) is 0 Å². The largest absolute Gasteiger partial charge is 0.364 e. The summed E-state index contributed by atoms with van der Waals surface area (Å²) >= 11 is 0. The van der Waals surface area contributed by atoms with E-state index in [4.69, 9.17) is 0 Å². The lowest BCUT2D eigenvalue weighted by molar-refractivity contribution is 0.458. The van der Waals surface area contributed by atoms with Crippen LogP contribution in [-0.2, 0) is 13.0 Å². The van der Waals surface area contributed by atoms with Crippen molar-refractivity contribution in [1.29, 1.82) is 0 Å². The number of anilines is 1. The first kappa shape index (κ1) is 14.1. The third kappa shape index (κ3) is 2.65. The maximum absolute atomic E-state index is 4.66. The van der Waals surface area contributed by atoms with Crippen molar-refractivity contribution >= 4 is 16.9 Å². The number of aryl methyl sites for hydroxylation is 1. The number of fused-ring (bicyclic) bond motifs is 2. The van der Waals surface area contributed by atoms with Crippen LogP contribution in [0.15, 0.2) is 30.5 Å². The van der Waals surface area contributed by atoms with Crippen molar-refractivity contribution in [2.45, 2.75) is 45.2 Å². The molecule has 6 heteroatoms. The van der Waals surface area contributed by atoms with Crippen LogP contribution in [-0.4, -0.2) is 30.8 Å². The number of nitrogens with one attached hydrogen (secondary N) is 1. The summed E-state index contributed by atoms with van der Waals surface area (Å²) in [6.45, 7) is 5.19. The number of hydrogen-bond acceptors (Lipinski definition) is 5. The van der Waals surface area contributed by atoms with E-state index in [0.29, 0.717) is 12.0 Å². The van der Waals surface area contributed by atoms with Crippen molar-refractivity contribution in [2.24, 2.45) is 0 Å². The molecule has 4 rings (SSSR count). The van der Waals surface area contributed by atoms with E-state index < -0.39 is 0 Å². The van der Waals surface area contributed by atoms with Crippen molar-refractivity contribution in [3.63, 3.8) is 0 Å². The standard InChI is InChI=1S/C17H20N6/c1-11(2)17-22-21-16-8-7-12(10-23(16)17)19-15-9-18-13-5-3-4-6-14(13)20-15/h3-6,9,11-12H,7-8,10H2,1-2H3,(H,19,20). The first-order chi connectivity index (χ1) is 11.2. The quantitative estimate of drug-likeness (QED) is 0.806. The van der Waals surface area contributed by atoms with Gasteiger partial charge in [-0.3, -0.25) is 4.98 Å². The van der Waals surface area contributed by atoms with E-state index in [0.717, 1.165) is 47.9 Å². The topological polar surface area (TPSA) is 68.5 Å². The predicted octanol–water partition coefficient (Wildman–Crippen LogP) is 2.77. The van der Waals surface area contributed by atoms with Gasteiger partial charge in [0.05, 0.1) is 17.2 Å². The molecule has 1 N–H and O–H groups in total. The Morgan fingerprint density at radius 1 is 1.17 bits per heavy atom. The molecule has 1 aliphatic heterocycles. The number of benzene rings is 1. The van der Waals surface area contributed by atoms with Crippen LogP contribution in [0.25, 0.3) is 11.0 Å². The molecule has 1 unspecified atom stereocenters. The first-order valence-electron chi connectivity index (χ1n) is 8.11. The van der Waals surface area contributed by atoms with Gasteiger partial charge in [0, 0.05) is 24.9 Å². The van der Waals surface area contributed by atoms with Crippen molar-refractivity contribution in [1.82, 2.24) is 24.7 Å². The van der Waals surface area contributed by atoms with Crippen molar-refractivity contribution in [3.05, 3.63) is 42.1 Å². The van der Waals surface area contributed by atoms with Crippen molar-refractivity contribution in [2.75, 3.05) is 5.32 Å². The lowest BCUT2D eigenvalue weighted by atomic mass is 10.1. The average Bonchev–Trinajstić information content (AvgIpc) is 2.98. The zero-order valence-electron chi connectivity index (χ0n) is 13.4. The fraction of sp³-hybridized carbons (Fsp3) is 0.412. The van der Waals surface area contributed by atoms with Gasteiger partial charge in [-0.15, -0.1) is 10.2 Å². The molecule has 118 valence electrons. The van der Waals surface area contributed by atoms with E-state index in [9.17, 15) is 0 Å². The lowest BCUT2D eigenvalue weighted by Crippen LogP contribution is -2.32. The highest BCUT2D eigenvalue weighted by atomic mass is 15.3. The molecule has 0 radical (unpaired) electrons. The van der Waals surface area contributed by atoms with E-state index >= 15 is 0 Å². The molecule has 0 spiro atoms. The van der Waals surface area contributed by atoms with Crippen LogP contribution >= 0.6 is 0 Å². The molecule has 0 saturated heterocycles. The van der Waals surface area contributed by atoms with Gasteiger partial charge in [-0.25, -0.2) is 4.98 Å². The van der Waals surface area contributed by atoms with Crippen LogP contribution in [0, 0.1) is 0 Å². The minimum Gasteiger partial charge on any atom is -0.364 e. The maximum atomic E-state index is 4.66. The van der Waals surface area contributed by atoms with Gasteiger partial charge in [-0.05, 0) is 18.6 Å². The molecular formula is C17H20N6. The minimum atomic E-state index is 0.325. The van der Waals surface area contributed by atoms with Gasteiger partial charge in [0.1, 0.15) is 17.5 Å². The zero-order valence-corrected chi connectivity index (χ0v) is 13.4. The molecule has 0 fully saturated rings. The van der Waals surface area contributed by atoms with Crippen LogP contribution in [0.4, 0.5) is 5.82 Å². The van der Waals surface area contributed by atoms with Crippen LogP contribution in [0.2, 0.25) is 0 Å². The summed E-state index contributed by atoms with van der Waals surface area (Å²) < 4.78 is 2.25. The van der Waals surface area contributed by atoms with Crippen molar-refractivity contribution < 1.29 is 0 Å². The number of nitrogens with zero attached hydrogens (tertiary/aromatic N) is 5.